The molecule has 3 N–H and O–H groups in total. The number of amides is 1. The van der Waals surface area contributed by atoms with E-state index in [0.29, 0.717) is 10.1 Å². The lowest BCUT2D eigenvalue weighted by Crippen LogP contribution is -2.33. The molecule has 142 valence electrons. The molecular formula is C20H17N3O3S2. The number of aliphatic hydroxyl groups is 2. The zero-order chi connectivity index (χ0) is 19.7. The largest absolute Gasteiger partial charge is 0.383 e. The smallest absolute Gasteiger partial charge is 0.258 e. The predicted octanol–water partition coefficient (Wildman–Crippen LogP) is 3.76. The molecule has 0 spiro atoms. The molecule has 0 aliphatic carbocycles. The summed E-state index contributed by atoms with van der Waals surface area (Å²) in [6, 6.07) is 15.3. The number of aryl methyl sites for hydroxylation is 1. The number of anilines is 1. The van der Waals surface area contributed by atoms with Gasteiger partial charge >= 0.3 is 0 Å². The van der Waals surface area contributed by atoms with Crippen LogP contribution in [0.2, 0.25) is 0 Å². The molecule has 0 fully saturated rings. The Morgan fingerprint density at radius 3 is 2.57 bits per heavy atom. The van der Waals surface area contributed by atoms with Crippen molar-refractivity contribution in [3.63, 3.8) is 0 Å². The molecule has 1 amide bonds. The lowest BCUT2D eigenvalue weighted by Gasteiger charge is -2.14. The third-order valence-corrected chi connectivity index (χ3v) is 6.08. The maximum absolute atomic E-state index is 12.4. The van der Waals surface area contributed by atoms with E-state index in [-0.39, 0.29) is 0 Å². The first-order valence-corrected chi connectivity index (χ1v) is 10.3. The number of carbonyl (C=O) groups is 1. The van der Waals surface area contributed by atoms with Gasteiger partial charge in [-0.05, 0) is 19.1 Å². The number of hydrogen-bond acceptors (Lipinski definition) is 7. The highest BCUT2D eigenvalue weighted by atomic mass is 32.1. The van der Waals surface area contributed by atoms with Crippen molar-refractivity contribution in [2.24, 2.45) is 0 Å². The molecule has 0 radical (unpaired) electrons. The van der Waals surface area contributed by atoms with E-state index in [1.165, 1.54) is 22.7 Å². The Balaban J connectivity index is 1.46. The van der Waals surface area contributed by atoms with Gasteiger partial charge in [-0.3, -0.25) is 10.1 Å². The molecular weight excluding hydrogens is 394 g/mol. The van der Waals surface area contributed by atoms with Crippen LogP contribution in [0.5, 0.6) is 0 Å². The van der Waals surface area contributed by atoms with E-state index in [2.05, 4.69) is 15.3 Å². The average Bonchev–Trinajstić information content (AvgIpc) is 3.34. The second-order valence-corrected chi connectivity index (χ2v) is 8.22. The number of benzene rings is 2. The number of aliphatic hydroxyl groups excluding tert-OH is 2. The molecule has 2 heterocycles. The minimum atomic E-state index is -1.65. The molecule has 0 saturated heterocycles. The van der Waals surface area contributed by atoms with Gasteiger partial charge in [-0.15, -0.1) is 22.7 Å². The van der Waals surface area contributed by atoms with Crippen LogP contribution in [-0.4, -0.2) is 32.2 Å². The monoisotopic (exact) mass is 411 g/mol. The quantitative estimate of drug-likeness (QED) is 0.465. The van der Waals surface area contributed by atoms with Crippen molar-refractivity contribution < 1.29 is 15.0 Å². The van der Waals surface area contributed by atoms with Gasteiger partial charge in [-0.2, -0.15) is 0 Å². The van der Waals surface area contributed by atoms with E-state index >= 15 is 0 Å². The van der Waals surface area contributed by atoms with E-state index in [4.69, 9.17) is 0 Å². The van der Waals surface area contributed by atoms with Crippen LogP contribution in [-0.2, 0) is 4.79 Å². The number of para-hydroxylation sites is 1. The number of nitrogens with zero attached hydrogens (tertiary/aromatic N) is 2. The Hall–Kier alpha value is -2.65. The first-order chi connectivity index (χ1) is 13.5. The minimum absolute atomic E-state index is 0.295. The Morgan fingerprint density at radius 1 is 1.07 bits per heavy atom. The number of hydrogen-bond donors (Lipinski definition) is 3. The molecule has 2 aromatic carbocycles. The van der Waals surface area contributed by atoms with E-state index in [1.54, 1.807) is 0 Å². The molecule has 0 saturated carbocycles. The lowest BCUT2D eigenvalue weighted by atomic mass is 10.1. The number of rotatable bonds is 5. The second kappa shape index (κ2) is 7.76. The van der Waals surface area contributed by atoms with Crippen LogP contribution >= 0.6 is 22.7 Å². The molecule has 28 heavy (non-hydrogen) atoms. The van der Waals surface area contributed by atoms with Gasteiger partial charge in [0.2, 0.25) is 0 Å². The maximum atomic E-state index is 12.4. The fourth-order valence-corrected chi connectivity index (χ4v) is 4.37. The molecule has 2 aromatic heterocycles. The number of carbonyl (C=O) groups excluding carboxylic acids is 1. The zero-order valence-corrected chi connectivity index (χ0v) is 16.5. The summed E-state index contributed by atoms with van der Waals surface area (Å²) in [5.74, 6) is -0.725. The molecule has 4 aromatic rings. The maximum Gasteiger partial charge on any atom is 0.258 e. The fourth-order valence-electron chi connectivity index (χ4n) is 2.66. The highest BCUT2D eigenvalue weighted by molar-refractivity contribution is 7.18. The molecule has 0 aliphatic heterocycles. The van der Waals surface area contributed by atoms with Crippen molar-refractivity contribution in [2.75, 3.05) is 5.32 Å². The third kappa shape index (κ3) is 3.81. The van der Waals surface area contributed by atoms with Gasteiger partial charge in [-0.1, -0.05) is 42.0 Å². The van der Waals surface area contributed by atoms with Gasteiger partial charge in [0, 0.05) is 10.9 Å². The number of nitrogens with one attached hydrogen (secondary N) is 1. The third-order valence-electron chi connectivity index (χ3n) is 4.21. The van der Waals surface area contributed by atoms with E-state index < -0.39 is 18.1 Å². The van der Waals surface area contributed by atoms with Crippen molar-refractivity contribution in [1.29, 1.82) is 0 Å². The number of thiazole rings is 2. The molecule has 0 aliphatic rings. The van der Waals surface area contributed by atoms with Crippen LogP contribution in [0, 0.1) is 6.92 Å². The number of fused-ring (bicyclic) bond motifs is 1. The second-order valence-electron chi connectivity index (χ2n) is 6.30. The molecule has 0 bridgehead atoms. The van der Waals surface area contributed by atoms with Gasteiger partial charge in [0.15, 0.2) is 11.2 Å². The first kappa shape index (κ1) is 18.7. The Labute approximate surface area is 169 Å². The minimum Gasteiger partial charge on any atom is -0.383 e. The van der Waals surface area contributed by atoms with Crippen LogP contribution < -0.4 is 5.32 Å². The predicted molar refractivity (Wildman–Crippen MR) is 112 cm³/mol. The van der Waals surface area contributed by atoms with Crippen LogP contribution in [0.25, 0.3) is 21.5 Å². The van der Waals surface area contributed by atoms with Crippen LogP contribution in [0.1, 0.15) is 16.7 Å². The summed E-state index contributed by atoms with van der Waals surface area (Å²) in [5, 5.41) is 25.7. The summed E-state index contributed by atoms with van der Waals surface area (Å²) in [4.78, 5) is 21.0. The van der Waals surface area contributed by atoms with Gasteiger partial charge in [-0.25, -0.2) is 9.97 Å². The van der Waals surface area contributed by atoms with Gasteiger partial charge < -0.3 is 10.2 Å². The highest BCUT2D eigenvalue weighted by Crippen LogP contribution is 2.29. The summed E-state index contributed by atoms with van der Waals surface area (Å²) < 4.78 is 0.881. The highest BCUT2D eigenvalue weighted by Gasteiger charge is 2.29. The molecule has 2 unspecified atom stereocenters. The zero-order valence-electron chi connectivity index (χ0n) is 14.9. The van der Waals surface area contributed by atoms with Crippen molar-refractivity contribution in [1.82, 2.24) is 9.97 Å². The summed E-state index contributed by atoms with van der Waals surface area (Å²) in [5.41, 5.74) is 3.55. The Bertz CT molecular complexity index is 1090. The van der Waals surface area contributed by atoms with E-state index in [9.17, 15) is 15.0 Å². The normalized spacial score (nSPS) is 13.4. The van der Waals surface area contributed by atoms with Crippen LogP contribution in [0.15, 0.2) is 53.9 Å². The fraction of sp³-hybridized carbons (Fsp3) is 0.150. The van der Waals surface area contributed by atoms with Crippen LogP contribution in [0.4, 0.5) is 5.13 Å². The van der Waals surface area contributed by atoms with E-state index in [1.807, 2.05) is 60.8 Å². The van der Waals surface area contributed by atoms with Gasteiger partial charge in [0.25, 0.3) is 5.91 Å². The topological polar surface area (TPSA) is 95.3 Å². The average molecular weight is 412 g/mol. The van der Waals surface area contributed by atoms with Crippen molar-refractivity contribution in [3.8, 4) is 11.3 Å². The summed E-state index contributed by atoms with van der Waals surface area (Å²) in [6.07, 6.45) is -3.05. The van der Waals surface area contributed by atoms with Crippen LogP contribution in [0.3, 0.4) is 0 Å². The van der Waals surface area contributed by atoms with Crippen molar-refractivity contribution >= 4 is 43.9 Å². The Kier molecular flexibility index (Phi) is 5.19. The Morgan fingerprint density at radius 2 is 1.82 bits per heavy atom. The van der Waals surface area contributed by atoms with Gasteiger partial charge in [0.1, 0.15) is 11.1 Å². The van der Waals surface area contributed by atoms with Crippen molar-refractivity contribution in [2.45, 2.75) is 19.1 Å². The van der Waals surface area contributed by atoms with Gasteiger partial charge in [0.05, 0.1) is 15.9 Å². The first-order valence-electron chi connectivity index (χ1n) is 8.56. The van der Waals surface area contributed by atoms with Crippen molar-refractivity contribution in [3.05, 3.63) is 64.5 Å². The number of aromatic nitrogens is 2. The molecule has 8 heteroatoms. The summed E-state index contributed by atoms with van der Waals surface area (Å²) >= 11 is 2.50. The standard InChI is InChI=1S/C20H17N3O3S2/c1-11-6-8-12(9-7-11)14-10-27-20(22-14)23-18(26)16(24)17(25)19-21-13-4-2-3-5-15(13)28-19/h2-10,16-17,24-25H,1H3,(H,22,23,26). The summed E-state index contributed by atoms with van der Waals surface area (Å²) in [7, 11) is 0. The lowest BCUT2D eigenvalue weighted by molar-refractivity contribution is -0.129. The van der Waals surface area contributed by atoms with E-state index in [0.717, 1.165) is 27.0 Å². The summed E-state index contributed by atoms with van der Waals surface area (Å²) in [6.45, 7) is 2.01. The SMILES string of the molecule is Cc1ccc(-c2csc(NC(=O)C(O)C(O)c3nc4ccccc4s3)n2)cc1. The molecule has 4 rings (SSSR count). The molecule has 6 nitrogen and oxygen atoms in total. The molecule has 2 atom stereocenters.